The molecule has 16 heavy (non-hydrogen) atoms. The van der Waals surface area contributed by atoms with Gasteiger partial charge in [0, 0.05) is 12.1 Å². The Morgan fingerprint density at radius 1 is 1.50 bits per heavy atom. The van der Waals surface area contributed by atoms with E-state index in [4.69, 9.17) is 5.73 Å². The Labute approximate surface area is 94.7 Å². The molecule has 0 atom stereocenters. The monoisotopic (exact) mass is 223 g/mol. The molecular formula is C10H17N5O. The molecule has 0 saturated heterocycles. The largest absolute Gasteiger partial charge is 0.384 e. The summed E-state index contributed by atoms with van der Waals surface area (Å²) < 4.78 is 0. The molecule has 1 aromatic heterocycles. The summed E-state index contributed by atoms with van der Waals surface area (Å²) in [5.41, 5.74) is 5.55. The fraction of sp³-hybridized carbons (Fsp3) is 0.500. The number of amides is 1. The van der Waals surface area contributed by atoms with Gasteiger partial charge in [0.2, 0.25) is 5.91 Å². The van der Waals surface area contributed by atoms with Crippen molar-refractivity contribution < 1.29 is 4.79 Å². The summed E-state index contributed by atoms with van der Waals surface area (Å²) in [5.74, 6) is 1.44. The Morgan fingerprint density at radius 2 is 2.19 bits per heavy atom. The number of carbonyl (C=O) groups is 1. The quantitative estimate of drug-likeness (QED) is 0.683. The first kappa shape index (κ1) is 12.2. The molecule has 0 saturated carbocycles. The van der Waals surface area contributed by atoms with Gasteiger partial charge in [-0.3, -0.25) is 4.79 Å². The van der Waals surface area contributed by atoms with Crippen molar-refractivity contribution in [3.63, 3.8) is 0 Å². The maximum Gasteiger partial charge on any atom is 0.239 e. The second kappa shape index (κ2) is 5.29. The predicted molar refractivity (Wildman–Crippen MR) is 62.9 cm³/mol. The average Bonchev–Trinajstić information content (AvgIpc) is 2.12. The van der Waals surface area contributed by atoms with E-state index in [1.807, 2.05) is 13.8 Å². The van der Waals surface area contributed by atoms with Gasteiger partial charge in [0.15, 0.2) is 0 Å². The summed E-state index contributed by atoms with van der Waals surface area (Å²) in [6.07, 6.45) is 0. The van der Waals surface area contributed by atoms with Gasteiger partial charge in [-0.2, -0.15) is 0 Å². The maximum atomic E-state index is 11.3. The van der Waals surface area contributed by atoms with E-state index >= 15 is 0 Å². The van der Waals surface area contributed by atoms with E-state index in [2.05, 4.69) is 20.6 Å². The van der Waals surface area contributed by atoms with Crippen molar-refractivity contribution in [2.75, 3.05) is 17.6 Å². The molecule has 0 fully saturated rings. The fourth-order valence-corrected chi connectivity index (χ4v) is 1.23. The molecule has 4 N–H and O–H groups in total. The number of aryl methyl sites for hydroxylation is 1. The number of carbonyl (C=O) groups excluding carboxylic acids is 1. The predicted octanol–water partition coefficient (Wildman–Crippen LogP) is 0.304. The molecule has 1 aromatic rings. The van der Waals surface area contributed by atoms with Crippen LogP contribution in [0.5, 0.6) is 0 Å². The number of nitrogens with zero attached hydrogens (tertiary/aromatic N) is 2. The molecule has 0 aliphatic carbocycles. The lowest BCUT2D eigenvalue weighted by molar-refractivity contribution is -0.119. The molecule has 1 amide bonds. The number of nitrogens with one attached hydrogen (secondary N) is 2. The number of aromatic nitrogens is 2. The zero-order chi connectivity index (χ0) is 12.1. The topological polar surface area (TPSA) is 92.9 Å². The van der Waals surface area contributed by atoms with E-state index in [1.165, 1.54) is 0 Å². The highest BCUT2D eigenvalue weighted by molar-refractivity contribution is 5.80. The molecule has 0 aromatic carbocycles. The molecule has 0 aliphatic heterocycles. The van der Waals surface area contributed by atoms with Crippen molar-refractivity contribution in [1.29, 1.82) is 0 Å². The van der Waals surface area contributed by atoms with Gasteiger partial charge < -0.3 is 16.4 Å². The van der Waals surface area contributed by atoms with Crippen LogP contribution in [0.25, 0.3) is 0 Å². The van der Waals surface area contributed by atoms with Crippen molar-refractivity contribution in [2.45, 2.75) is 26.8 Å². The van der Waals surface area contributed by atoms with Crippen LogP contribution in [0.3, 0.4) is 0 Å². The molecule has 0 unspecified atom stereocenters. The van der Waals surface area contributed by atoms with E-state index in [1.54, 1.807) is 13.0 Å². The maximum absolute atomic E-state index is 11.3. The number of rotatable bonds is 4. The minimum Gasteiger partial charge on any atom is -0.384 e. The highest BCUT2D eigenvalue weighted by Gasteiger charge is 2.04. The molecule has 1 heterocycles. The van der Waals surface area contributed by atoms with Crippen LogP contribution in [0.15, 0.2) is 6.07 Å². The summed E-state index contributed by atoms with van der Waals surface area (Å²) in [5, 5.41) is 5.65. The first-order valence-corrected chi connectivity index (χ1v) is 5.12. The highest BCUT2D eigenvalue weighted by atomic mass is 16.1. The van der Waals surface area contributed by atoms with E-state index in [0.717, 1.165) is 0 Å². The standard InChI is InChI=1S/C10H17N5O/c1-6(2)13-10(16)5-12-9-4-8(11)14-7(3)15-9/h4,6H,5H2,1-3H3,(H,13,16)(H3,11,12,14,15). The zero-order valence-corrected chi connectivity index (χ0v) is 9.74. The van der Waals surface area contributed by atoms with Crippen molar-refractivity contribution in [1.82, 2.24) is 15.3 Å². The second-order valence-corrected chi connectivity index (χ2v) is 3.80. The molecule has 0 radical (unpaired) electrons. The Hall–Kier alpha value is -1.85. The number of anilines is 2. The Bertz CT molecular complexity index is 357. The lowest BCUT2D eigenvalue weighted by Gasteiger charge is -2.10. The third-order valence-electron chi connectivity index (χ3n) is 1.74. The molecule has 1 rings (SSSR count). The minimum atomic E-state index is -0.0789. The molecule has 88 valence electrons. The van der Waals surface area contributed by atoms with Crippen LogP contribution >= 0.6 is 0 Å². The lowest BCUT2D eigenvalue weighted by Crippen LogP contribution is -2.35. The van der Waals surface area contributed by atoms with Gasteiger partial charge >= 0.3 is 0 Å². The van der Waals surface area contributed by atoms with Gasteiger partial charge in [-0.25, -0.2) is 9.97 Å². The van der Waals surface area contributed by atoms with Crippen LogP contribution < -0.4 is 16.4 Å². The van der Waals surface area contributed by atoms with Crippen molar-refractivity contribution in [3.05, 3.63) is 11.9 Å². The molecular weight excluding hydrogens is 206 g/mol. The van der Waals surface area contributed by atoms with Gasteiger partial charge in [-0.05, 0) is 20.8 Å². The van der Waals surface area contributed by atoms with Gasteiger partial charge in [-0.15, -0.1) is 0 Å². The fourth-order valence-electron chi connectivity index (χ4n) is 1.23. The third-order valence-corrected chi connectivity index (χ3v) is 1.74. The normalized spacial score (nSPS) is 10.2. The van der Waals surface area contributed by atoms with Gasteiger partial charge in [-0.1, -0.05) is 0 Å². The smallest absolute Gasteiger partial charge is 0.239 e. The zero-order valence-electron chi connectivity index (χ0n) is 9.74. The van der Waals surface area contributed by atoms with E-state index in [0.29, 0.717) is 17.5 Å². The molecule has 0 aliphatic rings. The number of nitrogens with two attached hydrogens (primary N) is 1. The number of nitrogen functional groups attached to an aromatic ring is 1. The lowest BCUT2D eigenvalue weighted by atomic mass is 10.4. The third kappa shape index (κ3) is 4.12. The summed E-state index contributed by atoms with van der Waals surface area (Å²) in [7, 11) is 0. The summed E-state index contributed by atoms with van der Waals surface area (Å²) >= 11 is 0. The van der Waals surface area contributed by atoms with Gasteiger partial charge in [0.05, 0.1) is 6.54 Å². The number of hydrogen-bond donors (Lipinski definition) is 3. The summed E-state index contributed by atoms with van der Waals surface area (Å²) in [6.45, 7) is 5.74. The first-order chi connectivity index (χ1) is 7.47. The minimum absolute atomic E-state index is 0.0789. The van der Waals surface area contributed by atoms with E-state index < -0.39 is 0 Å². The van der Waals surface area contributed by atoms with Crippen LogP contribution in [-0.2, 0) is 4.79 Å². The van der Waals surface area contributed by atoms with Crippen LogP contribution in [0.1, 0.15) is 19.7 Å². The SMILES string of the molecule is Cc1nc(N)cc(NCC(=O)NC(C)C)n1. The Balaban J connectivity index is 2.51. The molecule has 0 bridgehead atoms. The van der Waals surface area contributed by atoms with Crippen LogP contribution in [0.2, 0.25) is 0 Å². The molecule has 0 spiro atoms. The van der Waals surface area contributed by atoms with Crippen LogP contribution in [0.4, 0.5) is 11.6 Å². The first-order valence-electron chi connectivity index (χ1n) is 5.12. The Kier molecular flexibility index (Phi) is 4.04. The van der Waals surface area contributed by atoms with Crippen molar-refractivity contribution >= 4 is 17.5 Å². The second-order valence-electron chi connectivity index (χ2n) is 3.80. The summed E-state index contributed by atoms with van der Waals surface area (Å²) in [6, 6.07) is 1.72. The molecule has 6 heteroatoms. The van der Waals surface area contributed by atoms with Crippen LogP contribution in [0, 0.1) is 6.92 Å². The summed E-state index contributed by atoms with van der Waals surface area (Å²) in [4.78, 5) is 19.4. The van der Waals surface area contributed by atoms with E-state index in [-0.39, 0.29) is 18.5 Å². The highest BCUT2D eigenvalue weighted by Crippen LogP contribution is 2.06. The Morgan fingerprint density at radius 3 is 2.75 bits per heavy atom. The van der Waals surface area contributed by atoms with Crippen molar-refractivity contribution in [2.24, 2.45) is 0 Å². The number of hydrogen-bond acceptors (Lipinski definition) is 5. The van der Waals surface area contributed by atoms with Gasteiger partial charge in [0.25, 0.3) is 0 Å². The molecule has 6 nitrogen and oxygen atoms in total. The average molecular weight is 223 g/mol. The van der Waals surface area contributed by atoms with Gasteiger partial charge in [0.1, 0.15) is 17.5 Å². The van der Waals surface area contributed by atoms with E-state index in [9.17, 15) is 4.79 Å². The van der Waals surface area contributed by atoms with Crippen LogP contribution in [-0.4, -0.2) is 28.5 Å². The van der Waals surface area contributed by atoms with Crippen molar-refractivity contribution in [3.8, 4) is 0 Å².